The number of nitrogens with one attached hydrogen (secondary N) is 2. The second kappa shape index (κ2) is 7.34. The van der Waals surface area contributed by atoms with Crippen molar-refractivity contribution in [1.29, 1.82) is 0 Å². The van der Waals surface area contributed by atoms with E-state index in [0.717, 1.165) is 16.9 Å². The summed E-state index contributed by atoms with van der Waals surface area (Å²) in [5, 5.41) is 7.19. The molecule has 0 aliphatic carbocycles. The minimum Gasteiger partial charge on any atom is -0.381 e. The van der Waals surface area contributed by atoms with Gasteiger partial charge in [-0.2, -0.15) is 0 Å². The van der Waals surface area contributed by atoms with E-state index in [1.807, 2.05) is 43.3 Å². The first-order valence-corrected chi connectivity index (χ1v) is 7.42. The van der Waals surface area contributed by atoms with E-state index < -0.39 is 0 Å². The lowest BCUT2D eigenvalue weighted by Crippen LogP contribution is -2.09. The topological polar surface area (TPSA) is 41.1 Å². The number of halogens is 2. The van der Waals surface area contributed by atoms with Crippen LogP contribution in [0.2, 0.25) is 10.0 Å². The van der Waals surface area contributed by atoms with E-state index >= 15 is 0 Å². The van der Waals surface area contributed by atoms with Gasteiger partial charge in [0.1, 0.15) is 0 Å². The van der Waals surface area contributed by atoms with Crippen molar-refractivity contribution in [2.75, 3.05) is 10.6 Å². The maximum atomic E-state index is 11.4. The number of anilines is 2. The van der Waals surface area contributed by atoms with Crippen LogP contribution in [0.5, 0.6) is 0 Å². The van der Waals surface area contributed by atoms with Crippen LogP contribution in [0.15, 0.2) is 42.5 Å². The zero-order chi connectivity index (χ0) is 15.2. The average Bonchev–Trinajstić information content (AvgIpc) is 2.49. The van der Waals surface area contributed by atoms with Gasteiger partial charge < -0.3 is 10.6 Å². The highest BCUT2D eigenvalue weighted by atomic mass is 35.5. The molecular formula is C16H16Cl2N2O. The van der Waals surface area contributed by atoms with E-state index in [2.05, 4.69) is 10.6 Å². The normalized spacial score (nSPS) is 10.2. The van der Waals surface area contributed by atoms with Crippen LogP contribution in [-0.2, 0) is 11.3 Å². The summed E-state index contributed by atoms with van der Waals surface area (Å²) in [5.41, 5.74) is 2.59. The first-order valence-electron chi connectivity index (χ1n) is 6.67. The molecule has 0 atom stereocenters. The molecule has 2 N–H and O–H groups in total. The zero-order valence-electron chi connectivity index (χ0n) is 11.6. The molecule has 0 aliphatic rings. The van der Waals surface area contributed by atoms with Gasteiger partial charge in [0, 0.05) is 24.3 Å². The summed E-state index contributed by atoms with van der Waals surface area (Å²) in [4.78, 5) is 11.4. The minimum atomic E-state index is -0.00923. The van der Waals surface area contributed by atoms with Crippen molar-refractivity contribution in [2.45, 2.75) is 19.9 Å². The fourth-order valence-corrected chi connectivity index (χ4v) is 2.23. The summed E-state index contributed by atoms with van der Waals surface area (Å²) < 4.78 is 0. The molecule has 0 radical (unpaired) electrons. The van der Waals surface area contributed by atoms with Crippen LogP contribution in [0, 0.1) is 0 Å². The number of amides is 1. The molecule has 0 unspecified atom stereocenters. The molecule has 2 rings (SSSR count). The summed E-state index contributed by atoms with van der Waals surface area (Å²) >= 11 is 12.1. The van der Waals surface area contributed by atoms with Crippen molar-refractivity contribution in [2.24, 2.45) is 0 Å². The van der Waals surface area contributed by atoms with Crippen LogP contribution in [0.4, 0.5) is 11.4 Å². The lowest BCUT2D eigenvalue weighted by atomic mass is 10.2. The summed E-state index contributed by atoms with van der Waals surface area (Å²) in [7, 11) is 0. The van der Waals surface area contributed by atoms with Crippen LogP contribution in [0.3, 0.4) is 0 Å². The van der Waals surface area contributed by atoms with Crippen LogP contribution in [-0.4, -0.2) is 5.91 Å². The molecule has 110 valence electrons. The van der Waals surface area contributed by atoms with E-state index in [1.165, 1.54) is 0 Å². The Hall–Kier alpha value is -1.71. The largest absolute Gasteiger partial charge is 0.381 e. The Bertz CT molecular complexity index is 644. The molecule has 21 heavy (non-hydrogen) atoms. The average molecular weight is 323 g/mol. The maximum Gasteiger partial charge on any atom is 0.224 e. The molecule has 2 aromatic carbocycles. The van der Waals surface area contributed by atoms with E-state index in [0.29, 0.717) is 23.0 Å². The van der Waals surface area contributed by atoms with Gasteiger partial charge in [-0.05, 0) is 29.8 Å². The van der Waals surface area contributed by atoms with Gasteiger partial charge in [0.15, 0.2) is 0 Å². The molecule has 0 heterocycles. The van der Waals surface area contributed by atoms with Gasteiger partial charge in [0.2, 0.25) is 5.91 Å². The molecule has 0 aliphatic heterocycles. The fraction of sp³-hybridized carbons (Fsp3) is 0.188. The van der Waals surface area contributed by atoms with E-state index in [4.69, 9.17) is 23.2 Å². The van der Waals surface area contributed by atoms with Crippen molar-refractivity contribution < 1.29 is 4.79 Å². The number of carbonyl (C=O) groups is 1. The Morgan fingerprint density at radius 2 is 1.81 bits per heavy atom. The van der Waals surface area contributed by atoms with Gasteiger partial charge in [0.25, 0.3) is 0 Å². The molecule has 1 amide bonds. The Balaban J connectivity index is 2.05. The summed E-state index contributed by atoms with van der Waals surface area (Å²) in [6.07, 6.45) is 0.454. The van der Waals surface area contributed by atoms with Gasteiger partial charge in [-0.1, -0.05) is 48.3 Å². The predicted molar refractivity (Wildman–Crippen MR) is 89.2 cm³/mol. The summed E-state index contributed by atoms with van der Waals surface area (Å²) in [6.45, 7) is 2.38. The zero-order valence-corrected chi connectivity index (χ0v) is 13.1. The predicted octanol–water partition coefficient (Wildman–Crippen LogP) is 4.95. The third-order valence-corrected chi connectivity index (χ3v) is 3.84. The summed E-state index contributed by atoms with van der Waals surface area (Å²) in [5.74, 6) is -0.00923. The molecule has 0 aromatic heterocycles. The Labute approximate surface area is 134 Å². The first kappa shape index (κ1) is 15.7. The van der Waals surface area contributed by atoms with E-state index in [9.17, 15) is 4.79 Å². The van der Waals surface area contributed by atoms with Crippen LogP contribution in [0.25, 0.3) is 0 Å². The number of hydrogen-bond donors (Lipinski definition) is 2. The fourth-order valence-electron chi connectivity index (χ4n) is 1.84. The SMILES string of the molecule is CCC(=O)Nc1cccc(NCc2cccc(Cl)c2Cl)c1. The van der Waals surface area contributed by atoms with Crippen molar-refractivity contribution >= 4 is 40.5 Å². The molecule has 5 heteroatoms. The lowest BCUT2D eigenvalue weighted by molar-refractivity contribution is -0.115. The highest BCUT2D eigenvalue weighted by molar-refractivity contribution is 6.42. The van der Waals surface area contributed by atoms with Crippen molar-refractivity contribution in [3.63, 3.8) is 0 Å². The number of hydrogen-bond acceptors (Lipinski definition) is 2. The Kier molecular flexibility index (Phi) is 5.48. The smallest absolute Gasteiger partial charge is 0.224 e. The van der Waals surface area contributed by atoms with E-state index in [-0.39, 0.29) is 5.91 Å². The number of rotatable bonds is 5. The van der Waals surface area contributed by atoms with Crippen molar-refractivity contribution in [3.05, 3.63) is 58.1 Å². The van der Waals surface area contributed by atoms with Crippen LogP contribution >= 0.6 is 23.2 Å². The molecule has 0 fully saturated rings. The van der Waals surface area contributed by atoms with Crippen molar-refractivity contribution in [1.82, 2.24) is 0 Å². The molecule has 0 spiro atoms. The highest BCUT2D eigenvalue weighted by Gasteiger charge is 2.04. The third-order valence-electron chi connectivity index (χ3n) is 2.98. The third kappa shape index (κ3) is 4.38. The van der Waals surface area contributed by atoms with Crippen LogP contribution < -0.4 is 10.6 Å². The minimum absolute atomic E-state index is 0.00923. The van der Waals surface area contributed by atoms with Gasteiger partial charge >= 0.3 is 0 Å². The standard InChI is InChI=1S/C16H16Cl2N2O/c1-2-15(21)20-13-7-4-6-12(9-13)19-10-11-5-3-8-14(17)16(11)18/h3-9,19H,2,10H2,1H3,(H,20,21). The van der Waals surface area contributed by atoms with E-state index in [1.54, 1.807) is 6.07 Å². The molecule has 3 nitrogen and oxygen atoms in total. The number of benzene rings is 2. The molecule has 0 saturated carbocycles. The molecule has 2 aromatic rings. The quantitative estimate of drug-likeness (QED) is 0.817. The monoisotopic (exact) mass is 322 g/mol. The second-order valence-electron chi connectivity index (χ2n) is 4.55. The highest BCUT2D eigenvalue weighted by Crippen LogP contribution is 2.26. The lowest BCUT2D eigenvalue weighted by Gasteiger charge is -2.11. The molecular weight excluding hydrogens is 307 g/mol. The summed E-state index contributed by atoms with van der Waals surface area (Å²) in [6, 6.07) is 13.1. The van der Waals surface area contributed by atoms with Crippen LogP contribution in [0.1, 0.15) is 18.9 Å². The van der Waals surface area contributed by atoms with Crippen molar-refractivity contribution in [3.8, 4) is 0 Å². The van der Waals surface area contributed by atoms with Gasteiger partial charge in [-0.15, -0.1) is 0 Å². The number of carbonyl (C=O) groups excluding carboxylic acids is 1. The maximum absolute atomic E-state index is 11.4. The Morgan fingerprint density at radius 3 is 2.57 bits per heavy atom. The second-order valence-corrected chi connectivity index (χ2v) is 5.33. The van der Waals surface area contributed by atoms with Gasteiger partial charge in [0.05, 0.1) is 10.0 Å². The molecule has 0 bridgehead atoms. The Morgan fingerprint density at radius 1 is 1.10 bits per heavy atom. The van der Waals surface area contributed by atoms with Gasteiger partial charge in [-0.25, -0.2) is 0 Å². The molecule has 0 saturated heterocycles. The first-order chi connectivity index (χ1) is 10.1. The van der Waals surface area contributed by atoms with Gasteiger partial charge in [-0.3, -0.25) is 4.79 Å².